The van der Waals surface area contributed by atoms with E-state index in [4.69, 9.17) is 17.0 Å². The summed E-state index contributed by atoms with van der Waals surface area (Å²) in [4.78, 5) is 23.0. The van der Waals surface area contributed by atoms with Gasteiger partial charge in [-0.15, -0.1) is 0 Å². The number of hydrogen-bond donors (Lipinski definition) is 3. The predicted molar refractivity (Wildman–Crippen MR) is 91.2 cm³/mol. The molecule has 1 rings (SSSR count). The Bertz CT molecular complexity index is 578. The summed E-state index contributed by atoms with van der Waals surface area (Å²) in [6.45, 7) is 5.19. The second kappa shape index (κ2) is 8.70. The van der Waals surface area contributed by atoms with Gasteiger partial charge in [-0.2, -0.15) is 0 Å². The maximum Gasteiger partial charge on any atom is 0.276 e. The van der Waals surface area contributed by atoms with Crippen LogP contribution in [-0.4, -0.2) is 23.5 Å². The third-order valence-corrected chi connectivity index (χ3v) is 3.27. The molecule has 0 saturated carbocycles. The number of nitrogens with one attached hydrogen (secondary N) is 3. The van der Waals surface area contributed by atoms with Gasteiger partial charge < -0.3 is 10.1 Å². The molecule has 0 aliphatic heterocycles. The summed E-state index contributed by atoms with van der Waals surface area (Å²) in [5.41, 5.74) is 5.70. The van der Waals surface area contributed by atoms with Crippen molar-refractivity contribution >= 4 is 45.1 Å². The molecule has 1 aromatic rings. The Morgan fingerprint density at radius 2 is 2.00 bits per heavy atom. The molecule has 0 heterocycles. The quantitative estimate of drug-likeness (QED) is 0.542. The number of hydrogen-bond acceptors (Lipinski definition) is 4. The summed E-state index contributed by atoms with van der Waals surface area (Å²) < 4.78 is 6.34. The highest BCUT2D eigenvalue weighted by Gasteiger charge is 2.10. The van der Waals surface area contributed by atoms with E-state index in [2.05, 4.69) is 32.1 Å². The predicted octanol–water partition coefficient (Wildman–Crippen LogP) is 1.81. The summed E-state index contributed by atoms with van der Waals surface area (Å²) in [7, 11) is 0. The fourth-order valence-electron chi connectivity index (χ4n) is 1.37. The first-order chi connectivity index (χ1) is 10.3. The van der Waals surface area contributed by atoms with Gasteiger partial charge in [0.1, 0.15) is 5.75 Å². The molecule has 2 amide bonds. The molecule has 0 atom stereocenters. The van der Waals surface area contributed by atoms with E-state index >= 15 is 0 Å². The van der Waals surface area contributed by atoms with E-state index in [1.807, 2.05) is 19.1 Å². The van der Waals surface area contributed by atoms with Crippen molar-refractivity contribution in [1.82, 2.24) is 16.2 Å². The number of hydrazine groups is 1. The summed E-state index contributed by atoms with van der Waals surface area (Å²) in [5, 5.41) is 2.48. The monoisotopic (exact) mass is 387 g/mol. The van der Waals surface area contributed by atoms with Gasteiger partial charge in [0.2, 0.25) is 5.91 Å². The van der Waals surface area contributed by atoms with Gasteiger partial charge in [-0.25, -0.2) is 0 Å². The van der Waals surface area contributed by atoms with Crippen molar-refractivity contribution in [2.24, 2.45) is 5.92 Å². The average Bonchev–Trinajstić information content (AvgIpc) is 2.44. The van der Waals surface area contributed by atoms with Gasteiger partial charge in [-0.3, -0.25) is 20.4 Å². The SMILES string of the molecule is Cc1cc(Br)ccc1OCC(=O)NNC(=S)NC(=O)C(C)C. The molecule has 0 bridgehead atoms. The first-order valence-corrected chi connectivity index (χ1v) is 7.78. The number of amides is 2. The standard InChI is InChI=1S/C14H18BrN3O3S/c1-8(2)13(20)16-14(22)18-17-12(19)7-21-11-5-4-10(15)6-9(11)3/h4-6,8H,7H2,1-3H3,(H,17,19)(H2,16,18,20,22). The lowest BCUT2D eigenvalue weighted by atomic mass is 10.2. The van der Waals surface area contributed by atoms with Gasteiger partial charge in [-0.05, 0) is 42.9 Å². The molecule has 8 heteroatoms. The molecule has 0 aliphatic rings. The molecule has 0 radical (unpaired) electrons. The van der Waals surface area contributed by atoms with E-state index in [9.17, 15) is 9.59 Å². The molecule has 0 saturated heterocycles. The molecule has 3 N–H and O–H groups in total. The second-order valence-corrected chi connectivity index (χ2v) is 6.17. The van der Waals surface area contributed by atoms with Gasteiger partial charge in [0.05, 0.1) is 0 Å². The van der Waals surface area contributed by atoms with Gasteiger partial charge in [0.15, 0.2) is 11.7 Å². The minimum Gasteiger partial charge on any atom is -0.483 e. The molecule has 1 aromatic carbocycles. The molecule has 0 aromatic heterocycles. The normalized spacial score (nSPS) is 10.0. The second-order valence-electron chi connectivity index (χ2n) is 4.84. The Labute approximate surface area is 143 Å². The summed E-state index contributed by atoms with van der Waals surface area (Å²) in [6, 6.07) is 5.49. The van der Waals surface area contributed by atoms with Crippen LogP contribution in [0.4, 0.5) is 0 Å². The van der Waals surface area contributed by atoms with E-state index in [1.54, 1.807) is 19.9 Å². The molecule has 22 heavy (non-hydrogen) atoms. The molecule has 0 fully saturated rings. The smallest absolute Gasteiger partial charge is 0.276 e. The maximum absolute atomic E-state index is 11.6. The first kappa shape index (κ1) is 18.4. The maximum atomic E-state index is 11.6. The van der Waals surface area contributed by atoms with Crippen LogP contribution in [0.5, 0.6) is 5.75 Å². The molecular weight excluding hydrogens is 370 g/mol. The van der Waals surface area contributed by atoms with Crippen molar-refractivity contribution < 1.29 is 14.3 Å². The molecule has 6 nitrogen and oxygen atoms in total. The average molecular weight is 388 g/mol. The lowest BCUT2D eigenvalue weighted by Crippen LogP contribution is -2.50. The highest BCUT2D eigenvalue weighted by Crippen LogP contribution is 2.21. The number of benzene rings is 1. The van der Waals surface area contributed by atoms with E-state index in [0.29, 0.717) is 5.75 Å². The van der Waals surface area contributed by atoms with Crippen molar-refractivity contribution in [3.8, 4) is 5.75 Å². The van der Waals surface area contributed by atoms with E-state index < -0.39 is 5.91 Å². The number of thiocarbonyl (C=S) groups is 1. The fraction of sp³-hybridized carbons (Fsp3) is 0.357. The fourth-order valence-corrected chi connectivity index (χ4v) is 2.00. The summed E-state index contributed by atoms with van der Waals surface area (Å²) >= 11 is 8.23. The lowest BCUT2D eigenvalue weighted by Gasteiger charge is -2.13. The van der Waals surface area contributed by atoms with Gasteiger partial charge >= 0.3 is 0 Å². The summed E-state index contributed by atoms with van der Waals surface area (Å²) in [5.74, 6) is -0.217. The molecule has 120 valence electrons. The van der Waals surface area contributed by atoms with E-state index in [-0.39, 0.29) is 23.5 Å². The number of carbonyl (C=O) groups excluding carboxylic acids is 2. The molecular formula is C14H18BrN3O3S. The van der Waals surface area contributed by atoms with E-state index in [1.165, 1.54) is 0 Å². The van der Waals surface area contributed by atoms with Crippen molar-refractivity contribution in [3.05, 3.63) is 28.2 Å². The number of ether oxygens (including phenoxy) is 1. The third-order valence-electron chi connectivity index (χ3n) is 2.57. The topological polar surface area (TPSA) is 79.5 Å². The number of carbonyl (C=O) groups is 2. The van der Waals surface area contributed by atoms with Crippen LogP contribution in [0.1, 0.15) is 19.4 Å². The van der Waals surface area contributed by atoms with Crippen LogP contribution in [0.25, 0.3) is 0 Å². The number of rotatable bonds is 4. The highest BCUT2D eigenvalue weighted by molar-refractivity contribution is 9.10. The Morgan fingerprint density at radius 3 is 2.59 bits per heavy atom. The Hall–Kier alpha value is -1.67. The third kappa shape index (κ3) is 6.40. The van der Waals surface area contributed by atoms with Crippen molar-refractivity contribution in [3.63, 3.8) is 0 Å². The van der Waals surface area contributed by atoms with Crippen LogP contribution < -0.4 is 20.9 Å². The molecule has 0 unspecified atom stereocenters. The molecule has 0 aliphatic carbocycles. The van der Waals surface area contributed by atoms with Crippen molar-refractivity contribution in [1.29, 1.82) is 0 Å². The van der Waals surface area contributed by atoms with Crippen LogP contribution >= 0.6 is 28.1 Å². The minimum atomic E-state index is -0.413. The zero-order valence-electron chi connectivity index (χ0n) is 12.5. The number of halogens is 1. The van der Waals surface area contributed by atoms with Crippen molar-refractivity contribution in [2.75, 3.05) is 6.61 Å². The van der Waals surface area contributed by atoms with Crippen molar-refractivity contribution in [2.45, 2.75) is 20.8 Å². The number of aryl methyl sites for hydroxylation is 1. The van der Waals surface area contributed by atoms with Crippen LogP contribution in [0, 0.1) is 12.8 Å². The summed E-state index contributed by atoms with van der Waals surface area (Å²) in [6.07, 6.45) is 0. The zero-order chi connectivity index (χ0) is 16.7. The minimum absolute atomic E-state index is 0.0341. The van der Waals surface area contributed by atoms with Gasteiger partial charge in [0.25, 0.3) is 5.91 Å². The van der Waals surface area contributed by atoms with Crippen LogP contribution in [0.15, 0.2) is 22.7 Å². The molecule has 0 spiro atoms. The Kier molecular flexibility index (Phi) is 7.26. The highest BCUT2D eigenvalue weighted by atomic mass is 79.9. The van der Waals surface area contributed by atoms with Gasteiger partial charge in [-0.1, -0.05) is 29.8 Å². The Morgan fingerprint density at radius 1 is 1.32 bits per heavy atom. The first-order valence-electron chi connectivity index (χ1n) is 6.58. The van der Waals surface area contributed by atoms with Crippen LogP contribution in [-0.2, 0) is 9.59 Å². The van der Waals surface area contributed by atoms with Gasteiger partial charge in [0, 0.05) is 10.4 Å². The zero-order valence-corrected chi connectivity index (χ0v) is 14.9. The lowest BCUT2D eigenvalue weighted by molar-refractivity contribution is -0.124. The van der Waals surface area contributed by atoms with Crippen LogP contribution in [0.2, 0.25) is 0 Å². The Balaban J connectivity index is 2.34. The largest absolute Gasteiger partial charge is 0.483 e. The van der Waals surface area contributed by atoms with E-state index in [0.717, 1.165) is 10.0 Å². The van der Waals surface area contributed by atoms with Crippen LogP contribution in [0.3, 0.4) is 0 Å².